The summed E-state index contributed by atoms with van der Waals surface area (Å²) in [4.78, 5) is 33.7. The van der Waals surface area contributed by atoms with E-state index in [9.17, 15) is 19.5 Å². The Morgan fingerprint density at radius 1 is 0.395 bits per heavy atom. The molecule has 0 amide bonds. The third-order valence-electron chi connectivity index (χ3n) is 13.4. The summed E-state index contributed by atoms with van der Waals surface area (Å²) in [5.74, 6) is 6.10. The van der Waals surface area contributed by atoms with Crippen LogP contribution in [-0.4, -0.2) is 49.5 Å². The van der Waals surface area contributed by atoms with E-state index in [1.807, 2.05) is 103 Å². The van der Waals surface area contributed by atoms with E-state index >= 15 is 0 Å². The molecule has 3 aliphatic carbocycles. The number of phenols is 2. The van der Waals surface area contributed by atoms with Crippen molar-refractivity contribution in [1.29, 1.82) is 0 Å². The molecule has 0 aliphatic heterocycles. The maximum Gasteiger partial charge on any atom is 0.309 e. The minimum Gasteiger partial charge on any atom is -0.508 e. The lowest BCUT2D eigenvalue weighted by molar-refractivity contribution is -0.140. The van der Waals surface area contributed by atoms with Gasteiger partial charge in [0.2, 0.25) is 0 Å². The van der Waals surface area contributed by atoms with Crippen molar-refractivity contribution in [3.63, 3.8) is 0 Å². The molecule has 13 heteroatoms. The van der Waals surface area contributed by atoms with Gasteiger partial charge in [-0.1, -0.05) is 113 Å². The van der Waals surface area contributed by atoms with E-state index in [1.54, 1.807) is 36.4 Å². The molecule has 0 heterocycles. The first-order chi connectivity index (χ1) is 39.4. The van der Waals surface area contributed by atoms with Crippen LogP contribution in [0.1, 0.15) is 101 Å². The Morgan fingerprint density at radius 3 is 1.23 bits per heavy atom. The van der Waals surface area contributed by atoms with Gasteiger partial charge >= 0.3 is 17.9 Å². The number of hydrogen-bond donors (Lipinski definition) is 2. The third-order valence-corrected chi connectivity index (χ3v) is 14.1. The van der Waals surface area contributed by atoms with Crippen LogP contribution in [0.5, 0.6) is 46.0 Å². The molecule has 0 aromatic heterocycles. The molecular weight excluding hydrogens is 1090 g/mol. The largest absolute Gasteiger partial charge is 0.508 e. The lowest BCUT2D eigenvalue weighted by Gasteiger charge is -2.14. The number of methoxy groups -OCH3 is 3. The normalized spacial score (nSPS) is 13.0. The molecule has 0 bridgehead atoms. The van der Waals surface area contributed by atoms with Gasteiger partial charge in [-0.2, -0.15) is 0 Å². The fourth-order valence-electron chi connectivity index (χ4n) is 8.64. The number of esters is 3. The zero-order valence-corrected chi connectivity index (χ0v) is 47.3. The molecule has 8 aromatic carbocycles. The monoisotopic (exact) mass is 1150 g/mol. The molecule has 3 aliphatic rings. The van der Waals surface area contributed by atoms with Crippen molar-refractivity contribution in [3.05, 3.63) is 237 Å². The van der Waals surface area contributed by atoms with Crippen LogP contribution in [0, 0.1) is 0 Å². The summed E-state index contributed by atoms with van der Waals surface area (Å²) >= 11 is 3.61. The first-order valence-electron chi connectivity index (χ1n) is 27.0. The van der Waals surface area contributed by atoms with E-state index in [2.05, 4.69) is 67.9 Å². The molecule has 0 unspecified atom stereocenters. The first kappa shape index (κ1) is 58.6. The maximum atomic E-state index is 11.5. The quantitative estimate of drug-likeness (QED) is 0.0584. The van der Waals surface area contributed by atoms with E-state index in [1.165, 1.54) is 74.2 Å². The van der Waals surface area contributed by atoms with Gasteiger partial charge in [-0.15, -0.1) is 0 Å². The maximum absolute atomic E-state index is 11.5. The number of benzene rings is 8. The molecule has 0 spiro atoms. The van der Waals surface area contributed by atoms with Crippen molar-refractivity contribution < 1.29 is 57.8 Å². The Morgan fingerprint density at radius 2 is 0.778 bits per heavy atom. The molecule has 0 saturated heterocycles. The van der Waals surface area contributed by atoms with E-state index in [0.29, 0.717) is 36.5 Å². The Balaban J connectivity index is 0.000000148. The number of carbonyl (C=O) groups is 3. The summed E-state index contributed by atoms with van der Waals surface area (Å²) in [6.45, 7) is 1.17. The van der Waals surface area contributed by atoms with Gasteiger partial charge in [-0.05, 0) is 181 Å². The highest BCUT2D eigenvalue weighted by molar-refractivity contribution is 9.10. The number of halogens is 1. The predicted octanol–water partition coefficient (Wildman–Crippen LogP) is 15.4. The van der Waals surface area contributed by atoms with Crippen molar-refractivity contribution in [2.75, 3.05) is 21.3 Å². The third kappa shape index (κ3) is 19.4. The van der Waals surface area contributed by atoms with Crippen LogP contribution in [0.15, 0.2) is 193 Å². The molecule has 12 nitrogen and oxygen atoms in total. The first-order valence-corrected chi connectivity index (χ1v) is 27.8. The number of rotatable bonds is 19. The average Bonchev–Trinajstić information content (AvgIpc) is 4.35. The number of hydrogen-bond acceptors (Lipinski definition) is 12. The molecular formula is C68H67BrO12. The van der Waals surface area contributed by atoms with Crippen molar-refractivity contribution in [3.8, 4) is 46.0 Å². The Hall–Kier alpha value is -8.55. The molecule has 418 valence electrons. The van der Waals surface area contributed by atoms with Crippen LogP contribution in [0.25, 0.3) is 0 Å². The number of carbonyl (C=O) groups excluding carboxylic acids is 3. The van der Waals surface area contributed by atoms with Crippen LogP contribution < -0.4 is 18.9 Å². The smallest absolute Gasteiger partial charge is 0.309 e. The van der Waals surface area contributed by atoms with Gasteiger partial charge in [-0.25, -0.2) is 0 Å². The van der Waals surface area contributed by atoms with Crippen LogP contribution in [0.3, 0.4) is 0 Å². The zero-order chi connectivity index (χ0) is 56.9. The molecule has 2 N–H and O–H groups in total. The van der Waals surface area contributed by atoms with Gasteiger partial charge in [0, 0.05) is 15.6 Å². The molecule has 11 rings (SSSR count). The Kier molecular flexibility index (Phi) is 21.4. The lowest BCUT2D eigenvalue weighted by Crippen LogP contribution is -2.04. The van der Waals surface area contributed by atoms with E-state index in [-0.39, 0.29) is 48.7 Å². The lowest BCUT2D eigenvalue weighted by atomic mass is 10.1. The molecule has 0 radical (unpaired) electrons. The van der Waals surface area contributed by atoms with Gasteiger partial charge in [0.25, 0.3) is 0 Å². The van der Waals surface area contributed by atoms with Crippen molar-refractivity contribution in [2.45, 2.75) is 88.8 Å². The van der Waals surface area contributed by atoms with Crippen molar-refractivity contribution in [1.82, 2.24) is 0 Å². The second kappa shape index (κ2) is 29.6. The van der Waals surface area contributed by atoms with E-state index in [0.717, 1.165) is 69.6 Å². The molecule has 81 heavy (non-hydrogen) atoms. The topological polar surface area (TPSA) is 156 Å². The van der Waals surface area contributed by atoms with Gasteiger partial charge in [-0.3, -0.25) is 14.4 Å². The number of phenolic OH excluding ortho intramolecular Hbond substituents is 2. The van der Waals surface area contributed by atoms with Gasteiger partial charge in [0.05, 0.1) is 40.6 Å². The summed E-state index contributed by atoms with van der Waals surface area (Å²) in [6, 6.07) is 59.4. The summed E-state index contributed by atoms with van der Waals surface area (Å²) < 4.78 is 39.1. The van der Waals surface area contributed by atoms with E-state index in [4.69, 9.17) is 28.8 Å². The summed E-state index contributed by atoms with van der Waals surface area (Å²) in [7, 11) is 4.11. The highest BCUT2D eigenvalue weighted by Crippen LogP contribution is 2.48. The Bertz CT molecular complexity index is 3330. The number of ether oxygens (including phenoxy) is 7. The minimum atomic E-state index is -0.305. The fraction of sp³-hybridized carbons (Fsp3) is 0.250. The van der Waals surface area contributed by atoms with Crippen LogP contribution in [0.2, 0.25) is 0 Å². The van der Waals surface area contributed by atoms with Crippen LogP contribution in [-0.2, 0) is 61.1 Å². The fourth-order valence-corrected chi connectivity index (χ4v) is 9.21. The van der Waals surface area contributed by atoms with Crippen molar-refractivity contribution in [2.24, 2.45) is 0 Å². The van der Waals surface area contributed by atoms with Crippen LogP contribution >= 0.6 is 15.9 Å². The van der Waals surface area contributed by atoms with Crippen LogP contribution in [0.4, 0.5) is 0 Å². The van der Waals surface area contributed by atoms with Gasteiger partial charge in [0.1, 0.15) is 59.2 Å². The summed E-state index contributed by atoms with van der Waals surface area (Å²) in [5, 5.41) is 18.7. The molecule has 3 fully saturated rings. The number of aromatic hydroxyl groups is 2. The summed E-state index contributed by atoms with van der Waals surface area (Å²) in [5.41, 5.74) is 8.41. The second-order valence-electron chi connectivity index (χ2n) is 19.9. The van der Waals surface area contributed by atoms with Gasteiger partial charge < -0.3 is 43.4 Å². The van der Waals surface area contributed by atoms with E-state index < -0.39 is 0 Å². The summed E-state index contributed by atoms with van der Waals surface area (Å²) in [6.07, 6.45) is 7.85. The SMILES string of the molecule is Brc1ccc(OCc2ccccc2)cc1C1CC1.COC(=O)Cc1cccc(O)c1.COC(=O)Cc1cccc(Oc2ccc(O)cc2C2CC2)c1.COC(=O)Cc1cccc(Oc2ccc(OCc3ccccc3)cc2C2CC2)c1. The standard InChI is InChI=1S/C25H24O4.C18H18O4.C16H15BrO.C9H10O3/c1-27-25(26)15-19-8-5-9-22(14-19)29-24-13-12-21(16-23(24)20-10-11-20)28-17-18-6-3-2-4-7-18;1-21-18(20)10-12-3-2-4-15(9-12)22-17-8-7-14(19)11-16(17)13-5-6-13;17-16-9-8-14(10-15(16)13-6-7-13)18-11-12-4-2-1-3-5-12;1-12-9(11)6-7-3-2-4-8(10)5-7/h2-9,12-14,16,20H,10-11,15,17H2,1H3;2-4,7-9,11,13,19H,5-6,10H2,1H3;1-5,8-10,13H,6-7,11H2;2-5,10H,6H2,1H3. The highest BCUT2D eigenvalue weighted by atomic mass is 79.9. The average molecular weight is 1160 g/mol. The molecule has 0 atom stereocenters. The highest BCUT2D eigenvalue weighted by Gasteiger charge is 2.29. The zero-order valence-electron chi connectivity index (χ0n) is 45.8. The predicted molar refractivity (Wildman–Crippen MR) is 314 cm³/mol. The van der Waals surface area contributed by atoms with Gasteiger partial charge in [0.15, 0.2) is 0 Å². The molecule has 3 saturated carbocycles. The minimum absolute atomic E-state index is 0.163. The molecule has 8 aromatic rings. The Labute approximate surface area is 482 Å². The van der Waals surface area contributed by atoms with Crippen molar-refractivity contribution >= 4 is 33.8 Å². The second-order valence-corrected chi connectivity index (χ2v) is 20.8.